The molecule has 0 unspecified atom stereocenters. The second kappa shape index (κ2) is 10.7. The van der Waals surface area contributed by atoms with E-state index < -0.39 is 30.2 Å². The number of carbonyl (C=O) groups excluding carboxylic acids is 3. The number of rotatable bonds is 9. The third kappa shape index (κ3) is 6.82. The number of nitrogens with zero attached hydrogens (tertiary/aromatic N) is 1. The molecule has 3 amide bonds. The molecule has 1 aromatic rings. The summed E-state index contributed by atoms with van der Waals surface area (Å²) in [7, 11) is 0. The van der Waals surface area contributed by atoms with Gasteiger partial charge < -0.3 is 16.2 Å². The molecule has 1 aliphatic heterocycles. The van der Waals surface area contributed by atoms with Crippen molar-refractivity contribution < 1.29 is 24.3 Å². The molecule has 2 rings (SSSR count). The Kier molecular flexibility index (Phi) is 8.31. The van der Waals surface area contributed by atoms with Gasteiger partial charge in [-0.3, -0.25) is 19.3 Å². The third-order valence-corrected chi connectivity index (χ3v) is 5.41. The number of nitrogens with one attached hydrogen (secondary N) is 1. The molecule has 4 N–H and O–H groups in total. The summed E-state index contributed by atoms with van der Waals surface area (Å²) in [6.07, 6.45) is 2.99. The SMILES string of the molecule is CC(=C\c1ccccc1)/C=C1/SC(=S)N(CCC(=O)N[C@@H](CC(N)=O)C(=O)O)C1=O. The number of primary amides is 1. The van der Waals surface area contributed by atoms with Crippen LogP contribution in [-0.4, -0.2) is 50.6 Å². The Balaban J connectivity index is 1.98. The summed E-state index contributed by atoms with van der Waals surface area (Å²) >= 11 is 6.38. The Hall–Kier alpha value is -2.98. The van der Waals surface area contributed by atoms with Gasteiger partial charge in [-0.1, -0.05) is 60.4 Å². The predicted octanol–water partition coefficient (Wildman–Crippen LogP) is 1.67. The fourth-order valence-corrected chi connectivity index (χ4v) is 3.99. The fraction of sp³-hybridized carbons (Fsp3) is 0.250. The van der Waals surface area contributed by atoms with Crippen molar-refractivity contribution >= 4 is 58.1 Å². The van der Waals surface area contributed by atoms with E-state index in [0.717, 1.165) is 22.9 Å². The Morgan fingerprint density at radius 3 is 2.57 bits per heavy atom. The molecule has 1 aromatic carbocycles. The minimum Gasteiger partial charge on any atom is -0.480 e. The molecular formula is C20H21N3O5S2. The lowest BCUT2D eigenvalue weighted by Gasteiger charge is -2.16. The van der Waals surface area contributed by atoms with Crippen molar-refractivity contribution in [2.24, 2.45) is 5.73 Å². The summed E-state index contributed by atoms with van der Waals surface area (Å²) in [6, 6.07) is 8.24. The summed E-state index contributed by atoms with van der Waals surface area (Å²) in [5.41, 5.74) is 6.86. The van der Waals surface area contributed by atoms with Crippen LogP contribution in [0.4, 0.5) is 0 Å². The molecular weight excluding hydrogens is 426 g/mol. The van der Waals surface area contributed by atoms with Crippen molar-refractivity contribution in [2.75, 3.05) is 6.54 Å². The van der Waals surface area contributed by atoms with E-state index in [4.69, 9.17) is 23.1 Å². The van der Waals surface area contributed by atoms with E-state index in [-0.39, 0.29) is 18.9 Å². The molecule has 158 valence electrons. The van der Waals surface area contributed by atoms with Crippen LogP contribution in [0.5, 0.6) is 0 Å². The molecule has 0 aliphatic carbocycles. The van der Waals surface area contributed by atoms with Crippen molar-refractivity contribution in [3.05, 3.63) is 52.4 Å². The maximum atomic E-state index is 12.6. The first-order chi connectivity index (χ1) is 14.2. The van der Waals surface area contributed by atoms with Crippen LogP contribution in [0.1, 0.15) is 25.3 Å². The molecule has 0 aromatic heterocycles. The zero-order valence-electron chi connectivity index (χ0n) is 16.2. The second-order valence-corrected chi connectivity index (χ2v) is 8.19. The van der Waals surface area contributed by atoms with Crippen LogP contribution < -0.4 is 11.1 Å². The van der Waals surface area contributed by atoms with Crippen LogP contribution in [0.3, 0.4) is 0 Å². The Bertz CT molecular complexity index is 928. The number of amides is 3. The third-order valence-electron chi connectivity index (χ3n) is 4.03. The molecule has 1 heterocycles. The highest BCUT2D eigenvalue weighted by Gasteiger charge is 2.32. The number of hydrogen-bond acceptors (Lipinski definition) is 6. The van der Waals surface area contributed by atoms with Crippen LogP contribution in [0.2, 0.25) is 0 Å². The minimum absolute atomic E-state index is 0.00179. The average molecular weight is 448 g/mol. The van der Waals surface area contributed by atoms with Gasteiger partial charge in [-0.15, -0.1) is 0 Å². The van der Waals surface area contributed by atoms with E-state index in [1.165, 1.54) is 4.90 Å². The van der Waals surface area contributed by atoms with E-state index in [9.17, 15) is 19.2 Å². The molecule has 30 heavy (non-hydrogen) atoms. The lowest BCUT2D eigenvalue weighted by Crippen LogP contribution is -2.44. The number of carboxylic acids is 1. The van der Waals surface area contributed by atoms with E-state index in [1.807, 2.05) is 43.3 Å². The average Bonchev–Trinajstić information content (AvgIpc) is 2.92. The smallest absolute Gasteiger partial charge is 0.326 e. The number of carboxylic acid groups (broad SMARTS) is 1. The summed E-state index contributed by atoms with van der Waals surface area (Å²) in [5, 5.41) is 11.3. The normalized spacial score (nSPS) is 16.6. The number of nitrogens with two attached hydrogens (primary N) is 1. The summed E-state index contributed by atoms with van der Waals surface area (Å²) in [4.78, 5) is 48.4. The standard InChI is InChI=1S/C20H21N3O5S2/c1-12(9-13-5-3-2-4-6-13)10-15-18(26)23(20(29)30-15)8-7-17(25)22-14(19(27)28)11-16(21)24/h2-6,9-10,14H,7-8,11H2,1H3,(H2,21,24)(H,22,25)(H,27,28)/b12-9+,15-10+/t14-/m0/s1. The summed E-state index contributed by atoms with van der Waals surface area (Å²) in [5.74, 6) is -3.15. The molecule has 0 radical (unpaired) electrons. The number of benzene rings is 1. The van der Waals surface area contributed by atoms with E-state index in [1.54, 1.807) is 6.08 Å². The van der Waals surface area contributed by atoms with Gasteiger partial charge in [0, 0.05) is 13.0 Å². The van der Waals surface area contributed by atoms with E-state index in [2.05, 4.69) is 5.32 Å². The molecule has 1 aliphatic rings. The number of hydrogen-bond donors (Lipinski definition) is 3. The van der Waals surface area contributed by atoms with Gasteiger partial charge in [0.2, 0.25) is 11.8 Å². The topological polar surface area (TPSA) is 130 Å². The van der Waals surface area contributed by atoms with Crippen molar-refractivity contribution in [2.45, 2.75) is 25.8 Å². The van der Waals surface area contributed by atoms with Crippen LogP contribution >= 0.6 is 24.0 Å². The monoisotopic (exact) mass is 447 g/mol. The van der Waals surface area contributed by atoms with Gasteiger partial charge in [-0.2, -0.15) is 0 Å². The Labute approximate surface area is 183 Å². The van der Waals surface area contributed by atoms with E-state index in [0.29, 0.717) is 9.23 Å². The van der Waals surface area contributed by atoms with Crippen molar-refractivity contribution in [1.29, 1.82) is 0 Å². The summed E-state index contributed by atoms with van der Waals surface area (Å²) < 4.78 is 0.318. The van der Waals surface area contributed by atoms with Gasteiger partial charge >= 0.3 is 5.97 Å². The van der Waals surface area contributed by atoms with Crippen LogP contribution in [0, 0.1) is 0 Å². The van der Waals surface area contributed by atoms with Crippen molar-refractivity contribution in [1.82, 2.24) is 10.2 Å². The lowest BCUT2D eigenvalue weighted by molar-refractivity contribution is -0.143. The maximum absolute atomic E-state index is 12.6. The highest BCUT2D eigenvalue weighted by Crippen LogP contribution is 2.32. The van der Waals surface area contributed by atoms with E-state index >= 15 is 0 Å². The first-order valence-electron chi connectivity index (χ1n) is 8.96. The highest BCUT2D eigenvalue weighted by molar-refractivity contribution is 8.26. The Morgan fingerprint density at radius 2 is 1.97 bits per heavy atom. The van der Waals surface area contributed by atoms with Gasteiger partial charge in [0.15, 0.2) is 0 Å². The fourth-order valence-electron chi connectivity index (χ4n) is 2.63. The first kappa shape index (κ1) is 23.3. The zero-order chi connectivity index (χ0) is 22.3. The predicted molar refractivity (Wildman–Crippen MR) is 118 cm³/mol. The highest BCUT2D eigenvalue weighted by atomic mass is 32.2. The number of thiocarbonyl (C=S) groups is 1. The molecule has 10 heteroatoms. The van der Waals surface area contributed by atoms with Gasteiger partial charge in [0.1, 0.15) is 10.4 Å². The largest absolute Gasteiger partial charge is 0.480 e. The lowest BCUT2D eigenvalue weighted by atomic mass is 10.1. The molecule has 1 fully saturated rings. The zero-order valence-corrected chi connectivity index (χ0v) is 17.8. The number of thioether (sulfide) groups is 1. The molecule has 0 bridgehead atoms. The maximum Gasteiger partial charge on any atom is 0.326 e. The minimum atomic E-state index is -1.41. The van der Waals surface area contributed by atoms with Crippen LogP contribution in [-0.2, 0) is 19.2 Å². The summed E-state index contributed by atoms with van der Waals surface area (Å²) in [6.45, 7) is 1.87. The van der Waals surface area contributed by atoms with Gasteiger partial charge in [0.25, 0.3) is 5.91 Å². The molecule has 8 nitrogen and oxygen atoms in total. The van der Waals surface area contributed by atoms with Crippen LogP contribution in [0.15, 0.2) is 46.9 Å². The molecule has 0 spiro atoms. The number of allylic oxidation sites excluding steroid dienone is 2. The number of aliphatic carboxylic acids is 1. The van der Waals surface area contributed by atoms with Crippen LogP contribution in [0.25, 0.3) is 6.08 Å². The molecule has 0 saturated carbocycles. The quantitative estimate of drug-likeness (QED) is 0.388. The first-order valence-corrected chi connectivity index (χ1v) is 10.2. The van der Waals surface area contributed by atoms with Crippen molar-refractivity contribution in [3.8, 4) is 0 Å². The van der Waals surface area contributed by atoms with Crippen molar-refractivity contribution in [3.63, 3.8) is 0 Å². The van der Waals surface area contributed by atoms with Gasteiger partial charge in [-0.25, -0.2) is 4.79 Å². The van der Waals surface area contributed by atoms with Gasteiger partial charge in [-0.05, 0) is 24.1 Å². The van der Waals surface area contributed by atoms with Gasteiger partial charge in [0.05, 0.1) is 11.3 Å². The Morgan fingerprint density at radius 1 is 1.30 bits per heavy atom. The molecule has 1 saturated heterocycles. The molecule has 1 atom stereocenters. The second-order valence-electron chi connectivity index (χ2n) is 6.51. The number of carbonyl (C=O) groups is 4.